The van der Waals surface area contributed by atoms with E-state index in [1.807, 2.05) is 19.9 Å². The van der Waals surface area contributed by atoms with E-state index < -0.39 is 10.0 Å². The number of nitrogens with one attached hydrogen (secondary N) is 2. The van der Waals surface area contributed by atoms with Crippen LogP contribution in [0.3, 0.4) is 0 Å². The first-order chi connectivity index (χ1) is 7.99. The summed E-state index contributed by atoms with van der Waals surface area (Å²) >= 11 is 0. The molecule has 0 aromatic carbocycles. The number of hydrogen-bond acceptors (Lipinski definition) is 4. The summed E-state index contributed by atoms with van der Waals surface area (Å²) in [5.74, 6) is 0. The number of pyridine rings is 1. The highest BCUT2D eigenvalue weighted by Gasteiger charge is 2.21. The fourth-order valence-electron chi connectivity index (χ4n) is 1.62. The van der Waals surface area contributed by atoms with Crippen molar-refractivity contribution in [1.29, 1.82) is 0 Å². The summed E-state index contributed by atoms with van der Waals surface area (Å²) in [7, 11) is -2.23. The molecule has 2 heterocycles. The molecule has 17 heavy (non-hydrogen) atoms. The third-order valence-electron chi connectivity index (χ3n) is 2.64. The molecule has 0 spiro atoms. The molecule has 0 atom stereocenters. The van der Waals surface area contributed by atoms with E-state index >= 15 is 0 Å². The fourth-order valence-corrected chi connectivity index (χ4v) is 2.47. The number of H-pyrrole nitrogens is 1. The van der Waals surface area contributed by atoms with Crippen molar-refractivity contribution in [2.24, 2.45) is 0 Å². The number of aryl methyl sites for hydroxylation is 2. The van der Waals surface area contributed by atoms with Crippen molar-refractivity contribution in [2.75, 3.05) is 7.05 Å². The maximum Gasteiger partial charge on any atom is 0.260 e. The van der Waals surface area contributed by atoms with Crippen molar-refractivity contribution < 1.29 is 8.42 Å². The quantitative estimate of drug-likeness (QED) is 0.845. The predicted molar refractivity (Wildman–Crippen MR) is 64.2 cm³/mol. The Labute approximate surface area is 99.5 Å². The van der Waals surface area contributed by atoms with Gasteiger partial charge in [0.05, 0.1) is 0 Å². The van der Waals surface area contributed by atoms with Gasteiger partial charge in [-0.15, -0.1) is 0 Å². The third kappa shape index (κ3) is 1.91. The Bertz CT molecular complexity index is 660. The minimum atomic E-state index is -3.59. The molecule has 92 valence electrons. The summed E-state index contributed by atoms with van der Waals surface area (Å²) < 4.78 is 26.0. The highest BCUT2D eigenvalue weighted by molar-refractivity contribution is 7.89. The van der Waals surface area contributed by atoms with Crippen LogP contribution in [-0.4, -0.2) is 30.6 Å². The average Bonchev–Trinajstić information content (AvgIpc) is 2.70. The van der Waals surface area contributed by atoms with Crippen LogP contribution in [-0.2, 0) is 16.4 Å². The number of aromatic nitrogens is 3. The summed E-state index contributed by atoms with van der Waals surface area (Å²) in [4.78, 5) is 4.14. The van der Waals surface area contributed by atoms with E-state index in [0.29, 0.717) is 11.9 Å². The Balaban J connectivity index is 2.86. The summed E-state index contributed by atoms with van der Waals surface area (Å²) in [5.41, 5.74) is 1.95. The van der Waals surface area contributed by atoms with Crippen LogP contribution in [0.1, 0.15) is 18.3 Å². The molecule has 0 aliphatic rings. The fraction of sp³-hybridized carbons (Fsp3) is 0.400. The van der Waals surface area contributed by atoms with Gasteiger partial charge in [0, 0.05) is 16.8 Å². The smallest absolute Gasteiger partial charge is 0.260 e. The molecule has 0 aliphatic carbocycles. The van der Waals surface area contributed by atoms with Crippen molar-refractivity contribution in [3.05, 3.63) is 17.5 Å². The van der Waals surface area contributed by atoms with Gasteiger partial charge in [-0.3, -0.25) is 5.10 Å². The molecule has 7 heteroatoms. The van der Waals surface area contributed by atoms with Crippen LogP contribution in [0.5, 0.6) is 0 Å². The highest BCUT2D eigenvalue weighted by Crippen LogP contribution is 2.22. The van der Waals surface area contributed by atoms with E-state index in [4.69, 9.17) is 0 Å². The molecule has 0 saturated carbocycles. The van der Waals surface area contributed by atoms with E-state index in [1.54, 1.807) is 0 Å². The summed E-state index contributed by atoms with van der Waals surface area (Å²) in [6.45, 7) is 3.78. The first-order valence-electron chi connectivity index (χ1n) is 5.27. The first-order valence-corrected chi connectivity index (χ1v) is 6.76. The lowest BCUT2D eigenvalue weighted by atomic mass is 10.2. The van der Waals surface area contributed by atoms with Crippen molar-refractivity contribution in [1.82, 2.24) is 19.9 Å². The number of fused-ring (bicyclic) bond motifs is 1. The van der Waals surface area contributed by atoms with Crippen LogP contribution in [0.15, 0.2) is 11.1 Å². The van der Waals surface area contributed by atoms with Gasteiger partial charge in [0.1, 0.15) is 5.52 Å². The molecule has 0 fully saturated rings. The van der Waals surface area contributed by atoms with Crippen LogP contribution >= 0.6 is 0 Å². The Hall–Kier alpha value is -1.47. The largest absolute Gasteiger partial charge is 0.282 e. The third-order valence-corrected chi connectivity index (χ3v) is 3.97. The molecular formula is C10H14N4O2S. The monoisotopic (exact) mass is 254 g/mol. The Kier molecular flexibility index (Phi) is 2.88. The zero-order valence-corrected chi connectivity index (χ0v) is 10.7. The molecule has 2 aromatic heterocycles. The van der Waals surface area contributed by atoms with Crippen LogP contribution < -0.4 is 4.72 Å². The number of nitrogens with zero attached hydrogens (tertiary/aromatic N) is 2. The Morgan fingerprint density at radius 1 is 1.47 bits per heavy atom. The summed E-state index contributed by atoms with van der Waals surface area (Å²) in [5, 5.41) is 7.57. The number of rotatable bonds is 3. The van der Waals surface area contributed by atoms with E-state index in [1.165, 1.54) is 7.05 Å². The molecular weight excluding hydrogens is 240 g/mol. The van der Waals surface area contributed by atoms with Crippen LogP contribution in [0, 0.1) is 6.92 Å². The van der Waals surface area contributed by atoms with Crippen molar-refractivity contribution in [3.63, 3.8) is 0 Å². The highest BCUT2D eigenvalue weighted by atomic mass is 32.2. The molecule has 2 N–H and O–H groups in total. The zero-order chi connectivity index (χ0) is 12.6. The van der Waals surface area contributed by atoms with Gasteiger partial charge in [-0.2, -0.15) is 5.10 Å². The van der Waals surface area contributed by atoms with E-state index in [9.17, 15) is 8.42 Å². The van der Waals surface area contributed by atoms with Crippen LogP contribution in [0.25, 0.3) is 10.9 Å². The molecule has 2 aromatic rings. The molecule has 0 bridgehead atoms. The Morgan fingerprint density at radius 3 is 2.76 bits per heavy atom. The van der Waals surface area contributed by atoms with E-state index in [2.05, 4.69) is 19.9 Å². The van der Waals surface area contributed by atoms with Gasteiger partial charge in [0.2, 0.25) is 0 Å². The normalized spacial score (nSPS) is 12.2. The second-order valence-electron chi connectivity index (χ2n) is 3.72. The van der Waals surface area contributed by atoms with Gasteiger partial charge in [0.15, 0.2) is 5.03 Å². The van der Waals surface area contributed by atoms with Gasteiger partial charge in [-0.05, 0) is 26.5 Å². The minimum Gasteiger partial charge on any atom is -0.282 e. The van der Waals surface area contributed by atoms with Crippen molar-refractivity contribution in [2.45, 2.75) is 25.3 Å². The maximum absolute atomic E-state index is 11.9. The second kappa shape index (κ2) is 4.08. The lowest BCUT2D eigenvalue weighted by Gasteiger charge is -2.05. The summed E-state index contributed by atoms with van der Waals surface area (Å²) in [6.07, 6.45) is 0.673. The topological polar surface area (TPSA) is 87.7 Å². The SMILES string of the molecule is CCc1cc2c(C)[nH]nc2c(S(=O)(=O)NC)n1. The number of aromatic amines is 1. The molecule has 6 nitrogen and oxygen atoms in total. The molecule has 0 radical (unpaired) electrons. The lowest BCUT2D eigenvalue weighted by molar-refractivity contribution is 0.585. The van der Waals surface area contributed by atoms with Gasteiger partial charge in [-0.25, -0.2) is 18.1 Å². The van der Waals surface area contributed by atoms with Gasteiger partial charge < -0.3 is 0 Å². The molecule has 0 aliphatic heterocycles. The van der Waals surface area contributed by atoms with Crippen molar-refractivity contribution in [3.8, 4) is 0 Å². The zero-order valence-electron chi connectivity index (χ0n) is 9.90. The van der Waals surface area contributed by atoms with Crippen LogP contribution in [0.2, 0.25) is 0 Å². The minimum absolute atomic E-state index is 0.0151. The first kappa shape index (κ1) is 12.0. The average molecular weight is 254 g/mol. The maximum atomic E-state index is 11.9. The van der Waals surface area contributed by atoms with E-state index in [0.717, 1.165) is 16.8 Å². The molecule has 2 rings (SSSR count). The molecule has 0 saturated heterocycles. The second-order valence-corrected chi connectivity index (χ2v) is 5.53. The molecule has 0 amide bonds. The van der Waals surface area contributed by atoms with Gasteiger partial charge in [-0.1, -0.05) is 6.92 Å². The van der Waals surface area contributed by atoms with Crippen molar-refractivity contribution >= 4 is 20.9 Å². The standard InChI is InChI=1S/C10H14N4O2S/c1-4-7-5-8-6(2)13-14-9(8)10(12-7)17(15,16)11-3/h5,11H,4H2,1-3H3,(H,13,14). The number of hydrogen-bond donors (Lipinski definition) is 2. The Morgan fingerprint density at radius 2 is 2.18 bits per heavy atom. The number of sulfonamides is 1. The van der Waals surface area contributed by atoms with Gasteiger partial charge >= 0.3 is 0 Å². The van der Waals surface area contributed by atoms with E-state index in [-0.39, 0.29) is 5.03 Å². The summed E-state index contributed by atoms with van der Waals surface area (Å²) in [6, 6.07) is 1.86. The predicted octanol–water partition coefficient (Wildman–Crippen LogP) is 0.737. The van der Waals surface area contributed by atoms with Crippen LogP contribution in [0.4, 0.5) is 0 Å². The van der Waals surface area contributed by atoms with Gasteiger partial charge in [0.25, 0.3) is 10.0 Å². The lowest BCUT2D eigenvalue weighted by Crippen LogP contribution is -2.20. The molecule has 0 unspecified atom stereocenters.